The molecule has 2 heterocycles. The SMILES string of the molecule is CCOc1nc(Cl)nc(N2CC(C)C(N(C)C)C2)n1. The first-order valence-electron chi connectivity index (χ1n) is 6.47. The van der Waals surface area contributed by atoms with Crippen molar-refractivity contribution in [2.24, 2.45) is 5.92 Å². The second-order valence-corrected chi connectivity index (χ2v) is 5.37. The summed E-state index contributed by atoms with van der Waals surface area (Å²) in [6, 6.07) is 0.782. The number of hydrogen-bond acceptors (Lipinski definition) is 6. The van der Waals surface area contributed by atoms with Gasteiger partial charge in [-0.3, -0.25) is 0 Å². The van der Waals surface area contributed by atoms with Gasteiger partial charge in [0.2, 0.25) is 11.2 Å². The fourth-order valence-corrected chi connectivity index (χ4v) is 2.59. The molecule has 0 spiro atoms. The van der Waals surface area contributed by atoms with Crippen molar-refractivity contribution < 1.29 is 4.74 Å². The Morgan fingerprint density at radius 1 is 1.32 bits per heavy atom. The highest BCUT2D eigenvalue weighted by Gasteiger charge is 2.32. The number of nitrogens with zero attached hydrogens (tertiary/aromatic N) is 5. The molecule has 1 aliphatic rings. The topological polar surface area (TPSA) is 54.4 Å². The van der Waals surface area contributed by atoms with Gasteiger partial charge in [-0.05, 0) is 38.5 Å². The lowest BCUT2D eigenvalue weighted by molar-refractivity contribution is 0.266. The van der Waals surface area contributed by atoms with Crippen LogP contribution in [0.5, 0.6) is 6.01 Å². The average Bonchev–Trinajstić information content (AvgIpc) is 2.71. The second-order valence-electron chi connectivity index (χ2n) is 5.03. The predicted octanol–water partition coefficient (Wildman–Crippen LogP) is 1.31. The summed E-state index contributed by atoms with van der Waals surface area (Å²) in [6.07, 6.45) is 0. The van der Waals surface area contributed by atoms with Crippen LogP contribution in [0.4, 0.5) is 5.95 Å². The Morgan fingerprint density at radius 3 is 2.63 bits per heavy atom. The van der Waals surface area contributed by atoms with Crippen molar-refractivity contribution in [2.75, 3.05) is 38.7 Å². The van der Waals surface area contributed by atoms with Gasteiger partial charge >= 0.3 is 6.01 Å². The van der Waals surface area contributed by atoms with Gasteiger partial charge in [0.25, 0.3) is 0 Å². The smallest absolute Gasteiger partial charge is 0.322 e. The summed E-state index contributed by atoms with van der Waals surface area (Å²) in [4.78, 5) is 16.8. The predicted molar refractivity (Wildman–Crippen MR) is 74.9 cm³/mol. The maximum Gasteiger partial charge on any atom is 0.322 e. The van der Waals surface area contributed by atoms with Gasteiger partial charge in [-0.25, -0.2) is 0 Å². The molecule has 1 aromatic rings. The van der Waals surface area contributed by atoms with Crippen LogP contribution < -0.4 is 9.64 Å². The van der Waals surface area contributed by atoms with Crippen molar-refractivity contribution in [3.8, 4) is 6.01 Å². The molecule has 7 heteroatoms. The van der Waals surface area contributed by atoms with Crippen LogP contribution in [0, 0.1) is 5.92 Å². The Labute approximate surface area is 118 Å². The minimum atomic E-state index is 0.175. The van der Waals surface area contributed by atoms with Crippen LogP contribution >= 0.6 is 11.6 Å². The molecule has 1 saturated heterocycles. The van der Waals surface area contributed by atoms with E-state index in [2.05, 4.69) is 45.8 Å². The van der Waals surface area contributed by atoms with Crippen LogP contribution in [0.3, 0.4) is 0 Å². The summed E-state index contributed by atoms with van der Waals surface area (Å²) in [7, 11) is 4.19. The molecule has 0 aliphatic carbocycles. The molecule has 2 unspecified atom stereocenters. The lowest BCUT2D eigenvalue weighted by Crippen LogP contribution is -2.34. The quantitative estimate of drug-likeness (QED) is 0.831. The molecule has 0 N–H and O–H groups in total. The number of hydrogen-bond donors (Lipinski definition) is 0. The van der Waals surface area contributed by atoms with E-state index >= 15 is 0 Å². The van der Waals surface area contributed by atoms with E-state index in [1.54, 1.807) is 0 Å². The second kappa shape index (κ2) is 5.88. The van der Waals surface area contributed by atoms with Crippen molar-refractivity contribution in [3.05, 3.63) is 5.28 Å². The fourth-order valence-electron chi connectivity index (χ4n) is 2.44. The minimum absolute atomic E-state index is 0.175. The van der Waals surface area contributed by atoms with E-state index in [9.17, 15) is 0 Å². The molecule has 19 heavy (non-hydrogen) atoms. The molecule has 1 aromatic heterocycles. The molecular weight excluding hydrogens is 266 g/mol. The first-order chi connectivity index (χ1) is 9.01. The van der Waals surface area contributed by atoms with Crippen molar-refractivity contribution >= 4 is 17.5 Å². The molecule has 1 aliphatic heterocycles. The molecule has 1 fully saturated rings. The summed E-state index contributed by atoms with van der Waals surface area (Å²) in [6.45, 7) is 6.43. The molecule has 0 amide bonds. The van der Waals surface area contributed by atoms with E-state index < -0.39 is 0 Å². The molecule has 6 nitrogen and oxygen atoms in total. The van der Waals surface area contributed by atoms with E-state index in [0.29, 0.717) is 30.5 Å². The third-order valence-electron chi connectivity index (χ3n) is 3.37. The Morgan fingerprint density at radius 2 is 2.05 bits per heavy atom. The standard InChI is InChI=1S/C12H20ClN5O/c1-5-19-12-15-10(13)14-11(16-12)18-6-8(2)9(7-18)17(3)4/h8-9H,5-7H2,1-4H3. The molecule has 2 atom stereocenters. The first kappa shape index (κ1) is 14.3. The van der Waals surface area contributed by atoms with E-state index in [0.717, 1.165) is 13.1 Å². The fraction of sp³-hybridized carbons (Fsp3) is 0.750. The van der Waals surface area contributed by atoms with Crippen molar-refractivity contribution in [1.82, 2.24) is 19.9 Å². The number of halogens is 1. The maximum absolute atomic E-state index is 5.92. The Balaban J connectivity index is 2.18. The summed E-state index contributed by atoms with van der Waals surface area (Å²) in [5.74, 6) is 1.15. The molecule has 0 aromatic carbocycles. The summed E-state index contributed by atoms with van der Waals surface area (Å²) < 4.78 is 5.30. The molecule has 2 rings (SSSR count). The number of rotatable bonds is 4. The van der Waals surface area contributed by atoms with Crippen molar-refractivity contribution in [3.63, 3.8) is 0 Å². The van der Waals surface area contributed by atoms with E-state index in [1.807, 2.05) is 6.92 Å². The number of anilines is 1. The van der Waals surface area contributed by atoms with Gasteiger partial charge in [0.1, 0.15) is 0 Å². The van der Waals surface area contributed by atoms with Gasteiger partial charge in [-0.1, -0.05) is 6.92 Å². The van der Waals surface area contributed by atoms with Gasteiger partial charge in [0.05, 0.1) is 6.61 Å². The van der Waals surface area contributed by atoms with E-state index in [-0.39, 0.29) is 5.28 Å². The molecule has 106 valence electrons. The Hall–Kier alpha value is -1.14. The van der Waals surface area contributed by atoms with Crippen LogP contribution in [-0.4, -0.2) is 59.7 Å². The summed E-state index contributed by atoms with van der Waals surface area (Å²) >= 11 is 5.92. The van der Waals surface area contributed by atoms with Crippen molar-refractivity contribution in [2.45, 2.75) is 19.9 Å². The van der Waals surface area contributed by atoms with Gasteiger partial charge in [-0.2, -0.15) is 15.0 Å². The Kier molecular flexibility index (Phi) is 4.42. The van der Waals surface area contributed by atoms with Crippen LogP contribution in [0.2, 0.25) is 5.28 Å². The zero-order chi connectivity index (χ0) is 14.0. The number of ether oxygens (including phenoxy) is 1. The molecule has 0 radical (unpaired) electrons. The molecule has 0 saturated carbocycles. The van der Waals surface area contributed by atoms with Crippen LogP contribution in [-0.2, 0) is 0 Å². The highest BCUT2D eigenvalue weighted by molar-refractivity contribution is 6.28. The molecule has 0 bridgehead atoms. The lowest BCUT2D eigenvalue weighted by Gasteiger charge is -2.22. The zero-order valence-electron chi connectivity index (χ0n) is 11.8. The number of aromatic nitrogens is 3. The summed E-state index contributed by atoms with van der Waals surface area (Å²) in [5, 5.41) is 0.175. The highest BCUT2D eigenvalue weighted by Crippen LogP contribution is 2.25. The lowest BCUT2D eigenvalue weighted by atomic mass is 10.1. The third-order valence-corrected chi connectivity index (χ3v) is 3.54. The summed E-state index contributed by atoms with van der Waals surface area (Å²) in [5.41, 5.74) is 0. The highest BCUT2D eigenvalue weighted by atomic mass is 35.5. The van der Waals surface area contributed by atoms with Gasteiger partial charge < -0.3 is 14.5 Å². The zero-order valence-corrected chi connectivity index (χ0v) is 12.6. The monoisotopic (exact) mass is 285 g/mol. The first-order valence-corrected chi connectivity index (χ1v) is 6.84. The van der Waals surface area contributed by atoms with Crippen molar-refractivity contribution in [1.29, 1.82) is 0 Å². The largest absolute Gasteiger partial charge is 0.464 e. The van der Waals surface area contributed by atoms with Crippen LogP contribution in [0.15, 0.2) is 0 Å². The third kappa shape index (κ3) is 3.25. The Bertz CT molecular complexity index is 442. The van der Waals surface area contributed by atoms with Gasteiger partial charge in [0, 0.05) is 19.1 Å². The maximum atomic E-state index is 5.92. The van der Waals surface area contributed by atoms with Crippen LogP contribution in [0.25, 0.3) is 0 Å². The number of likely N-dealkylation sites (N-methyl/N-ethyl adjacent to an activating group) is 1. The van der Waals surface area contributed by atoms with Crippen LogP contribution in [0.1, 0.15) is 13.8 Å². The minimum Gasteiger partial charge on any atom is -0.464 e. The normalized spacial score (nSPS) is 23.2. The van der Waals surface area contributed by atoms with Gasteiger partial charge in [0.15, 0.2) is 0 Å². The average molecular weight is 286 g/mol. The van der Waals surface area contributed by atoms with E-state index in [1.165, 1.54) is 0 Å². The van der Waals surface area contributed by atoms with E-state index in [4.69, 9.17) is 16.3 Å². The molecular formula is C12H20ClN5O. The van der Waals surface area contributed by atoms with Gasteiger partial charge in [-0.15, -0.1) is 0 Å².